The van der Waals surface area contributed by atoms with Crippen LogP contribution in [0.15, 0.2) is 12.3 Å². The molecule has 1 amide bonds. The lowest BCUT2D eigenvalue weighted by molar-refractivity contribution is -0.131. The van der Waals surface area contributed by atoms with E-state index in [1.54, 1.807) is 16.6 Å². The first-order valence-electron chi connectivity index (χ1n) is 6.79. The summed E-state index contributed by atoms with van der Waals surface area (Å²) in [4.78, 5) is 24.6. The number of carboxylic acids is 1. The molecule has 0 fully saturated rings. The van der Waals surface area contributed by atoms with E-state index in [2.05, 4.69) is 10.2 Å². The molecule has 1 N–H and O–H groups in total. The van der Waals surface area contributed by atoms with Crippen molar-refractivity contribution in [3.63, 3.8) is 0 Å². The number of carbonyl (C=O) groups is 2. The first-order valence-corrected chi connectivity index (χ1v) is 6.79. The van der Waals surface area contributed by atoms with Crippen LogP contribution in [0, 0.1) is 13.8 Å². The molecule has 8 heteroatoms. The van der Waals surface area contributed by atoms with E-state index in [4.69, 9.17) is 5.11 Å². The van der Waals surface area contributed by atoms with Crippen LogP contribution in [-0.4, -0.2) is 48.5 Å². The summed E-state index contributed by atoms with van der Waals surface area (Å²) < 4.78 is 3.11. The van der Waals surface area contributed by atoms with Crippen LogP contribution < -0.4 is 0 Å². The van der Waals surface area contributed by atoms with E-state index >= 15 is 0 Å². The van der Waals surface area contributed by atoms with Crippen molar-refractivity contribution in [3.8, 4) is 0 Å². The van der Waals surface area contributed by atoms with Gasteiger partial charge in [0.15, 0.2) is 5.69 Å². The van der Waals surface area contributed by atoms with Gasteiger partial charge in [-0.3, -0.25) is 14.2 Å². The van der Waals surface area contributed by atoms with Gasteiger partial charge in [0, 0.05) is 38.1 Å². The van der Waals surface area contributed by atoms with Crippen LogP contribution >= 0.6 is 0 Å². The van der Waals surface area contributed by atoms with Crippen LogP contribution in [-0.2, 0) is 24.9 Å². The Labute approximate surface area is 127 Å². The average molecular weight is 305 g/mol. The van der Waals surface area contributed by atoms with Gasteiger partial charge in [0.1, 0.15) is 6.54 Å². The summed E-state index contributed by atoms with van der Waals surface area (Å²) in [6.07, 6.45) is 1.48. The molecule has 2 aromatic rings. The molecule has 2 heterocycles. The second kappa shape index (κ2) is 6.00. The smallest absolute Gasteiger partial charge is 0.356 e. The molecular formula is C14H19N5O3. The average Bonchev–Trinajstić information content (AvgIpc) is 2.99. The Kier molecular flexibility index (Phi) is 4.30. The predicted octanol–water partition coefficient (Wildman–Crippen LogP) is 0.590. The van der Waals surface area contributed by atoms with Gasteiger partial charge >= 0.3 is 5.97 Å². The second-order valence-electron chi connectivity index (χ2n) is 5.23. The maximum Gasteiger partial charge on any atom is 0.356 e. The molecule has 0 spiro atoms. The van der Waals surface area contributed by atoms with Crippen LogP contribution in [0.2, 0.25) is 0 Å². The summed E-state index contributed by atoms with van der Waals surface area (Å²) in [6.45, 7) is 4.33. The molecule has 0 unspecified atom stereocenters. The van der Waals surface area contributed by atoms with Crippen LogP contribution in [0.3, 0.4) is 0 Å². The minimum Gasteiger partial charge on any atom is -0.476 e. The summed E-state index contributed by atoms with van der Waals surface area (Å²) in [5.41, 5.74) is 2.86. The van der Waals surface area contributed by atoms with E-state index in [-0.39, 0.29) is 18.1 Å². The van der Waals surface area contributed by atoms with Crippen LogP contribution in [0.25, 0.3) is 0 Å². The third kappa shape index (κ3) is 3.16. The van der Waals surface area contributed by atoms with Crippen molar-refractivity contribution >= 4 is 11.9 Å². The Morgan fingerprint density at radius 3 is 2.50 bits per heavy atom. The van der Waals surface area contributed by atoms with E-state index in [9.17, 15) is 9.59 Å². The van der Waals surface area contributed by atoms with Gasteiger partial charge in [-0.05, 0) is 19.9 Å². The zero-order valence-electron chi connectivity index (χ0n) is 13.1. The molecule has 0 aliphatic rings. The third-order valence-corrected chi connectivity index (χ3v) is 3.64. The van der Waals surface area contributed by atoms with Crippen molar-refractivity contribution in [2.45, 2.75) is 26.9 Å². The number of aromatic nitrogens is 4. The Hall–Kier alpha value is -2.64. The van der Waals surface area contributed by atoms with E-state index in [0.29, 0.717) is 6.54 Å². The summed E-state index contributed by atoms with van der Waals surface area (Å²) in [6, 6.07) is 1.37. The normalized spacial score (nSPS) is 10.7. The molecule has 118 valence electrons. The lowest BCUT2D eigenvalue weighted by Gasteiger charge is -2.17. The summed E-state index contributed by atoms with van der Waals surface area (Å²) in [5.74, 6) is -1.26. The first-order chi connectivity index (χ1) is 10.3. The quantitative estimate of drug-likeness (QED) is 0.872. The van der Waals surface area contributed by atoms with Gasteiger partial charge in [-0.15, -0.1) is 0 Å². The fourth-order valence-corrected chi connectivity index (χ4v) is 2.19. The van der Waals surface area contributed by atoms with Crippen molar-refractivity contribution in [1.82, 2.24) is 24.5 Å². The SMILES string of the molecule is Cc1nn(C)c(C)c1CN(C)C(=O)Cn1ccc(C(=O)O)n1. The molecule has 0 aliphatic carbocycles. The van der Waals surface area contributed by atoms with Crippen molar-refractivity contribution in [1.29, 1.82) is 0 Å². The number of hydrogen-bond donors (Lipinski definition) is 1. The number of carbonyl (C=O) groups excluding carboxylic acids is 1. The Morgan fingerprint density at radius 1 is 1.32 bits per heavy atom. The lowest BCUT2D eigenvalue weighted by atomic mass is 10.2. The van der Waals surface area contributed by atoms with E-state index < -0.39 is 5.97 Å². The van der Waals surface area contributed by atoms with Crippen molar-refractivity contribution < 1.29 is 14.7 Å². The number of hydrogen-bond acceptors (Lipinski definition) is 4. The predicted molar refractivity (Wildman–Crippen MR) is 78.3 cm³/mol. The van der Waals surface area contributed by atoms with Gasteiger partial charge < -0.3 is 10.0 Å². The molecule has 0 atom stereocenters. The lowest BCUT2D eigenvalue weighted by Crippen LogP contribution is -2.30. The van der Waals surface area contributed by atoms with Gasteiger partial charge in [-0.1, -0.05) is 0 Å². The maximum atomic E-state index is 12.2. The number of carboxylic acid groups (broad SMARTS) is 1. The zero-order valence-corrected chi connectivity index (χ0v) is 13.1. The van der Waals surface area contributed by atoms with Crippen LogP contribution in [0.1, 0.15) is 27.4 Å². The molecule has 2 aromatic heterocycles. The number of likely N-dealkylation sites (N-methyl/N-ethyl adjacent to an activating group) is 1. The number of amides is 1. The number of aryl methyl sites for hydroxylation is 2. The molecule has 8 nitrogen and oxygen atoms in total. The third-order valence-electron chi connectivity index (χ3n) is 3.64. The number of rotatable bonds is 5. The fraction of sp³-hybridized carbons (Fsp3) is 0.429. The molecule has 0 radical (unpaired) electrons. The van der Waals surface area contributed by atoms with Gasteiger partial charge in [0.25, 0.3) is 0 Å². The van der Waals surface area contributed by atoms with Crippen molar-refractivity contribution in [2.75, 3.05) is 7.05 Å². The molecule has 0 aromatic carbocycles. The second-order valence-corrected chi connectivity index (χ2v) is 5.23. The zero-order chi connectivity index (χ0) is 16.4. The molecule has 0 saturated carbocycles. The van der Waals surface area contributed by atoms with Gasteiger partial charge in [-0.2, -0.15) is 10.2 Å². The summed E-state index contributed by atoms with van der Waals surface area (Å²) >= 11 is 0. The fourth-order valence-electron chi connectivity index (χ4n) is 2.19. The van der Waals surface area contributed by atoms with E-state index in [0.717, 1.165) is 17.0 Å². The molecule has 2 rings (SSSR count). The first kappa shape index (κ1) is 15.7. The van der Waals surface area contributed by atoms with Gasteiger partial charge in [0.2, 0.25) is 5.91 Å². The molecule has 0 saturated heterocycles. The number of nitrogens with zero attached hydrogens (tertiary/aromatic N) is 5. The molecule has 0 aliphatic heterocycles. The van der Waals surface area contributed by atoms with Crippen molar-refractivity contribution in [3.05, 3.63) is 34.9 Å². The molecule has 22 heavy (non-hydrogen) atoms. The summed E-state index contributed by atoms with van der Waals surface area (Å²) in [5, 5.41) is 17.0. The highest BCUT2D eigenvalue weighted by Gasteiger charge is 2.16. The largest absolute Gasteiger partial charge is 0.476 e. The van der Waals surface area contributed by atoms with Gasteiger partial charge in [-0.25, -0.2) is 4.79 Å². The monoisotopic (exact) mass is 305 g/mol. The Balaban J connectivity index is 2.04. The van der Waals surface area contributed by atoms with Crippen molar-refractivity contribution in [2.24, 2.45) is 7.05 Å². The number of aromatic carboxylic acids is 1. The van der Waals surface area contributed by atoms with Crippen LogP contribution in [0.4, 0.5) is 0 Å². The highest BCUT2D eigenvalue weighted by Crippen LogP contribution is 2.14. The molecular weight excluding hydrogens is 286 g/mol. The molecule has 0 bridgehead atoms. The minimum absolute atomic E-state index is 0.00212. The highest BCUT2D eigenvalue weighted by molar-refractivity contribution is 5.85. The Bertz CT molecular complexity index is 716. The maximum absolute atomic E-state index is 12.2. The minimum atomic E-state index is -1.11. The summed E-state index contributed by atoms with van der Waals surface area (Å²) in [7, 11) is 3.57. The van der Waals surface area contributed by atoms with E-state index in [1.807, 2.05) is 20.9 Å². The standard InChI is InChI=1S/C14H19N5O3/c1-9-11(10(2)18(4)15-9)7-17(3)13(20)8-19-6-5-12(16-19)14(21)22/h5-6H,7-8H2,1-4H3,(H,21,22). The van der Waals surface area contributed by atoms with E-state index in [1.165, 1.54) is 16.9 Å². The topological polar surface area (TPSA) is 93.2 Å². The highest BCUT2D eigenvalue weighted by atomic mass is 16.4. The Morgan fingerprint density at radius 2 is 2.00 bits per heavy atom. The van der Waals surface area contributed by atoms with Gasteiger partial charge in [0.05, 0.1) is 5.69 Å². The van der Waals surface area contributed by atoms with Crippen LogP contribution in [0.5, 0.6) is 0 Å².